The average molecular weight is 436 g/mol. The third kappa shape index (κ3) is 4.71. The number of hydrogen-bond donors (Lipinski definition) is 2. The maximum absolute atomic E-state index is 13.1. The Morgan fingerprint density at radius 3 is 2.72 bits per heavy atom. The Morgan fingerprint density at radius 1 is 1.28 bits per heavy atom. The zero-order chi connectivity index (χ0) is 18.8. The lowest BCUT2D eigenvalue weighted by Gasteiger charge is -2.30. The van der Waals surface area contributed by atoms with Crippen molar-refractivity contribution in [3.05, 3.63) is 48.2 Å². The lowest BCUT2D eigenvalue weighted by Crippen LogP contribution is -2.50. The summed E-state index contributed by atoms with van der Waals surface area (Å²) in [4.78, 5) is 17.9. The zero-order valence-electron chi connectivity index (χ0n) is 16.6. The summed E-state index contributed by atoms with van der Waals surface area (Å²) in [5.41, 5.74) is 3.17. The number of nitrogens with one attached hydrogen (secondary N) is 2. The van der Waals surface area contributed by atoms with Crippen LogP contribution in [-0.4, -0.2) is 39.8 Å². The van der Waals surface area contributed by atoms with Crippen molar-refractivity contribution in [3.63, 3.8) is 0 Å². The second-order valence-electron chi connectivity index (χ2n) is 7.17. The molecule has 1 saturated heterocycles. The molecule has 1 amide bonds. The van der Waals surface area contributed by atoms with E-state index in [1.54, 1.807) is 6.20 Å². The summed E-state index contributed by atoms with van der Waals surface area (Å²) in [6, 6.07) is 12.0. The summed E-state index contributed by atoms with van der Waals surface area (Å²) in [5.74, 6) is 0.398. The summed E-state index contributed by atoms with van der Waals surface area (Å²) in [6.07, 6.45) is 2.82. The van der Waals surface area contributed by atoms with E-state index in [4.69, 9.17) is 4.98 Å². The lowest BCUT2D eigenvalue weighted by molar-refractivity contribution is 0.0917. The molecule has 1 fully saturated rings. The molecule has 3 heterocycles. The lowest BCUT2D eigenvalue weighted by atomic mass is 9.94. The molecule has 1 aliphatic rings. The number of rotatable bonds is 4. The van der Waals surface area contributed by atoms with E-state index < -0.39 is 0 Å². The summed E-state index contributed by atoms with van der Waals surface area (Å²) in [7, 11) is 0. The van der Waals surface area contributed by atoms with Gasteiger partial charge >= 0.3 is 0 Å². The number of aryl methyl sites for hydroxylation is 1. The molecular formula is C21H27Cl2N5O. The van der Waals surface area contributed by atoms with Crippen molar-refractivity contribution in [2.75, 3.05) is 13.1 Å². The van der Waals surface area contributed by atoms with Gasteiger partial charge in [0.05, 0.1) is 22.8 Å². The molecule has 4 rings (SSSR count). The third-order valence-corrected chi connectivity index (χ3v) is 5.37. The molecule has 2 aromatic heterocycles. The minimum absolute atomic E-state index is 0. The molecule has 0 saturated carbocycles. The molecule has 1 aromatic carbocycles. The fraction of sp³-hybridized carbons (Fsp3) is 0.381. The number of benzene rings is 1. The van der Waals surface area contributed by atoms with Gasteiger partial charge in [0.15, 0.2) is 5.65 Å². The molecule has 2 atom stereocenters. The Morgan fingerprint density at radius 2 is 2.03 bits per heavy atom. The normalized spacial score (nSPS) is 18.6. The fourth-order valence-electron chi connectivity index (χ4n) is 3.65. The number of piperidine rings is 1. The first-order chi connectivity index (χ1) is 13.2. The fourth-order valence-corrected chi connectivity index (χ4v) is 3.65. The molecule has 1 aliphatic heterocycles. The summed E-state index contributed by atoms with van der Waals surface area (Å²) in [5, 5.41) is 11.8. The van der Waals surface area contributed by atoms with Crippen LogP contribution in [0.2, 0.25) is 0 Å². The number of aromatic nitrogens is 3. The van der Waals surface area contributed by atoms with Crippen molar-refractivity contribution >= 4 is 41.8 Å². The number of nitrogens with zero attached hydrogens (tertiary/aromatic N) is 3. The highest BCUT2D eigenvalue weighted by Gasteiger charge is 2.25. The molecule has 8 heteroatoms. The predicted octanol–water partition coefficient (Wildman–Crippen LogP) is 3.69. The van der Waals surface area contributed by atoms with Gasteiger partial charge in [-0.15, -0.1) is 24.8 Å². The van der Waals surface area contributed by atoms with Crippen LogP contribution >= 0.6 is 24.8 Å². The quantitative estimate of drug-likeness (QED) is 0.655. The van der Waals surface area contributed by atoms with Crippen molar-refractivity contribution in [1.29, 1.82) is 0 Å². The molecule has 156 valence electrons. The van der Waals surface area contributed by atoms with Crippen molar-refractivity contribution < 1.29 is 4.79 Å². The van der Waals surface area contributed by atoms with Crippen LogP contribution in [-0.2, 0) is 6.54 Å². The van der Waals surface area contributed by atoms with E-state index in [1.165, 1.54) is 0 Å². The highest BCUT2D eigenvalue weighted by molar-refractivity contribution is 6.06. The van der Waals surface area contributed by atoms with Gasteiger partial charge in [-0.2, -0.15) is 5.10 Å². The van der Waals surface area contributed by atoms with E-state index in [1.807, 2.05) is 48.0 Å². The van der Waals surface area contributed by atoms with Gasteiger partial charge in [-0.3, -0.25) is 4.79 Å². The van der Waals surface area contributed by atoms with Crippen LogP contribution in [0.4, 0.5) is 0 Å². The molecule has 2 N–H and O–H groups in total. The number of fused-ring (bicyclic) bond motifs is 1. The number of pyridine rings is 1. The molecular weight excluding hydrogens is 409 g/mol. The van der Waals surface area contributed by atoms with E-state index >= 15 is 0 Å². The predicted molar refractivity (Wildman–Crippen MR) is 121 cm³/mol. The monoisotopic (exact) mass is 435 g/mol. The van der Waals surface area contributed by atoms with Crippen molar-refractivity contribution in [1.82, 2.24) is 25.4 Å². The van der Waals surface area contributed by atoms with Gasteiger partial charge in [0, 0.05) is 24.7 Å². The van der Waals surface area contributed by atoms with Gasteiger partial charge in [0.2, 0.25) is 0 Å². The molecule has 3 aromatic rings. The molecule has 2 unspecified atom stereocenters. The largest absolute Gasteiger partial charge is 0.348 e. The minimum atomic E-state index is -0.0595. The first kappa shape index (κ1) is 23.1. The van der Waals surface area contributed by atoms with E-state index in [0.717, 1.165) is 41.8 Å². The van der Waals surface area contributed by atoms with E-state index in [0.29, 0.717) is 18.0 Å². The number of carbonyl (C=O) groups excluding carboxylic acids is 1. The third-order valence-electron chi connectivity index (χ3n) is 5.37. The number of hydrogen-bond acceptors (Lipinski definition) is 4. The molecule has 0 aliphatic carbocycles. The second-order valence-corrected chi connectivity index (χ2v) is 7.17. The Kier molecular flexibility index (Phi) is 8.02. The molecule has 0 spiro atoms. The van der Waals surface area contributed by atoms with Crippen LogP contribution in [0.5, 0.6) is 0 Å². The maximum Gasteiger partial charge on any atom is 0.252 e. The smallest absolute Gasteiger partial charge is 0.252 e. The van der Waals surface area contributed by atoms with Gasteiger partial charge in [-0.1, -0.05) is 37.3 Å². The SMILES string of the molecule is CCn1ncc2c(C(=O)NC3CNCCC3C)cc(-c3ccccc3)nc21.Cl.Cl. The summed E-state index contributed by atoms with van der Waals surface area (Å²) >= 11 is 0. The standard InChI is InChI=1S/C21H25N5O.2ClH/c1-3-26-20-17(12-23-26)16(11-18(24-20)15-7-5-4-6-8-15)21(27)25-19-13-22-10-9-14(19)2;;/h4-8,11-12,14,19,22H,3,9-10,13H2,1-2H3,(H,25,27);2*1H. The number of amides is 1. The topological polar surface area (TPSA) is 71.8 Å². The van der Waals surface area contributed by atoms with Crippen molar-refractivity contribution in [2.45, 2.75) is 32.9 Å². The van der Waals surface area contributed by atoms with Crippen LogP contribution in [0.15, 0.2) is 42.6 Å². The Balaban J connectivity index is 0.00000150. The number of carbonyl (C=O) groups is 1. The van der Waals surface area contributed by atoms with E-state index in [-0.39, 0.29) is 36.8 Å². The average Bonchev–Trinajstić information content (AvgIpc) is 3.12. The molecule has 0 bridgehead atoms. The highest BCUT2D eigenvalue weighted by Crippen LogP contribution is 2.25. The van der Waals surface area contributed by atoms with Gasteiger partial charge in [-0.25, -0.2) is 9.67 Å². The minimum Gasteiger partial charge on any atom is -0.348 e. The van der Waals surface area contributed by atoms with Gasteiger partial charge in [-0.05, 0) is 31.9 Å². The molecule has 0 radical (unpaired) electrons. The van der Waals surface area contributed by atoms with Crippen molar-refractivity contribution in [2.24, 2.45) is 5.92 Å². The van der Waals surface area contributed by atoms with Gasteiger partial charge in [0.1, 0.15) is 0 Å². The Labute approximate surface area is 183 Å². The van der Waals surface area contributed by atoms with Gasteiger partial charge < -0.3 is 10.6 Å². The first-order valence-electron chi connectivity index (χ1n) is 9.61. The Hall–Kier alpha value is -2.15. The van der Waals surface area contributed by atoms with Crippen LogP contribution in [0.25, 0.3) is 22.3 Å². The summed E-state index contributed by atoms with van der Waals surface area (Å²) < 4.78 is 1.84. The maximum atomic E-state index is 13.1. The Bertz CT molecular complexity index is 960. The number of halogens is 2. The van der Waals surface area contributed by atoms with E-state index in [9.17, 15) is 4.79 Å². The first-order valence-corrected chi connectivity index (χ1v) is 9.61. The zero-order valence-corrected chi connectivity index (χ0v) is 18.2. The van der Waals surface area contributed by atoms with Crippen LogP contribution in [0.1, 0.15) is 30.6 Å². The van der Waals surface area contributed by atoms with Crippen molar-refractivity contribution in [3.8, 4) is 11.3 Å². The molecule has 6 nitrogen and oxygen atoms in total. The van der Waals surface area contributed by atoms with Crippen LogP contribution in [0.3, 0.4) is 0 Å². The van der Waals surface area contributed by atoms with E-state index in [2.05, 4.69) is 22.7 Å². The van der Waals surface area contributed by atoms with Gasteiger partial charge in [0.25, 0.3) is 5.91 Å². The van der Waals surface area contributed by atoms with Crippen LogP contribution < -0.4 is 10.6 Å². The summed E-state index contributed by atoms with van der Waals surface area (Å²) in [6.45, 7) is 6.74. The highest BCUT2D eigenvalue weighted by atomic mass is 35.5. The van der Waals surface area contributed by atoms with Crippen LogP contribution in [0, 0.1) is 5.92 Å². The second kappa shape index (κ2) is 10.1. The molecule has 29 heavy (non-hydrogen) atoms.